The van der Waals surface area contributed by atoms with E-state index in [9.17, 15) is 0 Å². The highest BCUT2D eigenvalue weighted by molar-refractivity contribution is 9.10. The predicted molar refractivity (Wildman–Crippen MR) is 111 cm³/mol. The van der Waals surface area contributed by atoms with Crippen LogP contribution in [-0.2, 0) is 6.54 Å². The minimum absolute atomic E-state index is 0.658. The van der Waals surface area contributed by atoms with Gasteiger partial charge in [-0.3, -0.25) is 9.88 Å². The van der Waals surface area contributed by atoms with E-state index in [2.05, 4.69) is 48.2 Å². The number of pyridine rings is 1. The Labute approximate surface area is 167 Å². The van der Waals surface area contributed by atoms with E-state index in [0.29, 0.717) is 5.02 Å². The summed E-state index contributed by atoms with van der Waals surface area (Å²) in [5.41, 5.74) is 2.14. The fraction of sp³-hybridized carbons (Fsp3) is 0.333. The van der Waals surface area contributed by atoms with E-state index in [0.717, 1.165) is 54.4 Å². The Bertz CT molecular complexity index is 728. The maximum absolute atomic E-state index is 6.27. The smallest absolute Gasteiger partial charge is 0.173 e. The minimum Gasteiger partial charge on any atom is -0.348 e. The monoisotopic (exact) mass is 438 g/mol. The van der Waals surface area contributed by atoms with Gasteiger partial charge in [-0.15, -0.1) is 0 Å². The molecule has 0 amide bonds. The molecule has 1 N–H and O–H groups in total. The summed E-state index contributed by atoms with van der Waals surface area (Å²) in [6, 6.07) is 9.90. The Morgan fingerprint density at radius 2 is 1.96 bits per heavy atom. The number of halogens is 2. The van der Waals surface area contributed by atoms with Gasteiger partial charge in [0, 0.05) is 49.6 Å². The summed E-state index contributed by atoms with van der Waals surface area (Å²) in [7, 11) is 0. The molecule has 0 radical (unpaired) electrons. The molecule has 132 valence electrons. The van der Waals surface area contributed by atoms with Crippen molar-refractivity contribution in [2.45, 2.75) is 13.0 Å². The molecule has 0 bridgehead atoms. The normalized spacial score (nSPS) is 15.7. The lowest BCUT2D eigenvalue weighted by Crippen LogP contribution is -2.37. The van der Waals surface area contributed by atoms with E-state index in [1.54, 1.807) is 0 Å². The summed E-state index contributed by atoms with van der Waals surface area (Å²) in [6.07, 6.45) is 4.78. The lowest BCUT2D eigenvalue weighted by atomic mass is 10.2. The van der Waals surface area contributed by atoms with Gasteiger partial charge >= 0.3 is 0 Å². The summed E-state index contributed by atoms with van der Waals surface area (Å²) in [5.74, 6) is 0. The first-order valence-corrected chi connectivity index (χ1v) is 9.82. The van der Waals surface area contributed by atoms with Crippen LogP contribution in [0.4, 0.5) is 5.69 Å². The highest BCUT2D eigenvalue weighted by Gasteiger charge is 2.17. The molecule has 3 rings (SSSR count). The topological polar surface area (TPSA) is 31.4 Å². The highest BCUT2D eigenvalue weighted by atomic mass is 79.9. The first-order chi connectivity index (χ1) is 12.1. The number of thiocarbonyl (C=S) groups is 1. The van der Waals surface area contributed by atoms with Gasteiger partial charge in [-0.05, 0) is 54.5 Å². The maximum atomic E-state index is 6.27. The van der Waals surface area contributed by atoms with Crippen LogP contribution in [0, 0.1) is 0 Å². The van der Waals surface area contributed by atoms with Crippen molar-refractivity contribution >= 4 is 50.5 Å². The molecule has 7 heteroatoms. The second-order valence-electron chi connectivity index (χ2n) is 6.03. The molecule has 2 aromatic rings. The second kappa shape index (κ2) is 8.94. The molecule has 0 saturated carbocycles. The van der Waals surface area contributed by atoms with Crippen molar-refractivity contribution in [2.24, 2.45) is 0 Å². The van der Waals surface area contributed by atoms with Crippen molar-refractivity contribution in [3.63, 3.8) is 0 Å². The summed E-state index contributed by atoms with van der Waals surface area (Å²) < 4.78 is 0.954. The Balaban J connectivity index is 1.56. The fourth-order valence-corrected chi connectivity index (χ4v) is 3.88. The SMILES string of the molecule is S=C(Nc1ccc(Br)cc1Cl)N1CCCN(Cc2ccncc2)CC1. The summed E-state index contributed by atoms with van der Waals surface area (Å²) in [4.78, 5) is 8.76. The summed E-state index contributed by atoms with van der Waals surface area (Å²) in [6.45, 7) is 4.87. The summed E-state index contributed by atoms with van der Waals surface area (Å²) >= 11 is 15.3. The zero-order valence-electron chi connectivity index (χ0n) is 13.8. The van der Waals surface area contributed by atoms with E-state index in [1.165, 1.54) is 5.56 Å². The van der Waals surface area contributed by atoms with Crippen LogP contribution in [0.3, 0.4) is 0 Å². The van der Waals surface area contributed by atoms with Gasteiger partial charge in [-0.25, -0.2) is 0 Å². The number of rotatable bonds is 3. The van der Waals surface area contributed by atoms with E-state index in [4.69, 9.17) is 23.8 Å². The van der Waals surface area contributed by atoms with Gasteiger partial charge in [-0.1, -0.05) is 27.5 Å². The van der Waals surface area contributed by atoms with E-state index >= 15 is 0 Å². The number of nitrogens with one attached hydrogen (secondary N) is 1. The Morgan fingerprint density at radius 3 is 2.72 bits per heavy atom. The highest BCUT2D eigenvalue weighted by Crippen LogP contribution is 2.26. The molecular weight excluding hydrogens is 420 g/mol. The standard InChI is InChI=1S/C18H20BrClN4S/c19-15-2-3-17(16(20)12-15)22-18(25)24-9-1-8-23(10-11-24)13-14-4-6-21-7-5-14/h2-7,12H,1,8-11,13H2,(H,22,25). The van der Waals surface area contributed by atoms with Gasteiger partial charge in [0.2, 0.25) is 0 Å². The van der Waals surface area contributed by atoms with E-state index < -0.39 is 0 Å². The lowest BCUT2D eigenvalue weighted by molar-refractivity contribution is 0.278. The fourth-order valence-electron chi connectivity index (χ4n) is 2.86. The van der Waals surface area contributed by atoms with Gasteiger partial charge < -0.3 is 10.2 Å². The zero-order valence-corrected chi connectivity index (χ0v) is 16.9. The van der Waals surface area contributed by atoms with Crippen LogP contribution < -0.4 is 5.32 Å². The number of anilines is 1. The lowest BCUT2D eigenvalue weighted by Gasteiger charge is -2.25. The van der Waals surface area contributed by atoms with Crippen LogP contribution in [0.1, 0.15) is 12.0 Å². The number of nitrogens with zero attached hydrogens (tertiary/aromatic N) is 3. The van der Waals surface area contributed by atoms with Crippen LogP contribution in [0.2, 0.25) is 5.02 Å². The third-order valence-corrected chi connectivity index (χ3v) is 5.37. The van der Waals surface area contributed by atoms with Gasteiger partial charge in [0.15, 0.2) is 5.11 Å². The maximum Gasteiger partial charge on any atom is 0.173 e. The number of benzene rings is 1. The molecule has 25 heavy (non-hydrogen) atoms. The van der Waals surface area contributed by atoms with Crippen molar-refractivity contribution in [1.82, 2.24) is 14.8 Å². The molecule has 0 spiro atoms. The molecule has 0 aliphatic carbocycles. The van der Waals surface area contributed by atoms with Crippen LogP contribution in [0.5, 0.6) is 0 Å². The van der Waals surface area contributed by atoms with Crippen LogP contribution >= 0.6 is 39.7 Å². The van der Waals surface area contributed by atoms with Crippen LogP contribution in [0.15, 0.2) is 47.2 Å². The average molecular weight is 440 g/mol. The van der Waals surface area contributed by atoms with Gasteiger partial charge in [0.25, 0.3) is 0 Å². The van der Waals surface area contributed by atoms with Crippen LogP contribution in [0.25, 0.3) is 0 Å². The molecule has 2 heterocycles. The zero-order chi connectivity index (χ0) is 17.6. The minimum atomic E-state index is 0.658. The second-order valence-corrected chi connectivity index (χ2v) is 7.74. The van der Waals surface area contributed by atoms with Crippen molar-refractivity contribution < 1.29 is 0 Å². The van der Waals surface area contributed by atoms with Gasteiger partial charge in [0.1, 0.15) is 0 Å². The van der Waals surface area contributed by atoms with Crippen molar-refractivity contribution in [1.29, 1.82) is 0 Å². The molecule has 1 aliphatic rings. The molecule has 1 saturated heterocycles. The van der Waals surface area contributed by atoms with Crippen molar-refractivity contribution in [3.05, 3.63) is 57.8 Å². The van der Waals surface area contributed by atoms with E-state index in [1.807, 2.05) is 30.6 Å². The molecule has 0 atom stereocenters. The molecule has 1 fully saturated rings. The third kappa shape index (κ3) is 5.38. The molecule has 1 aromatic heterocycles. The quantitative estimate of drug-likeness (QED) is 0.716. The molecule has 4 nitrogen and oxygen atoms in total. The van der Waals surface area contributed by atoms with Gasteiger partial charge in [-0.2, -0.15) is 0 Å². The number of hydrogen-bond donors (Lipinski definition) is 1. The van der Waals surface area contributed by atoms with Gasteiger partial charge in [0.05, 0.1) is 10.7 Å². The number of aromatic nitrogens is 1. The first-order valence-electron chi connectivity index (χ1n) is 8.24. The number of hydrogen-bond acceptors (Lipinski definition) is 3. The molecular formula is C18H20BrClN4S. The Kier molecular flexibility index (Phi) is 6.64. The Hall–Kier alpha value is -1.21. The van der Waals surface area contributed by atoms with E-state index in [-0.39, 0.29) is 0 Å². The largest absolute Gasteiger partial charge is 0.348 e. The molecule has 1 aliphatic heterocycles. The third-order valence-electron chi connectivity index (χ3n) is 4.20. The molecule has 1 aromatic carbocycles. The van der Waals surface area contributed by atoms with Crippen molar-refractivity contribution in [2.75, 3.05) is 31.5 Å². The van der Waals surface area contributed by atoms with Crippen molar-refractivity contribution in [3.8, 4) is 0 Å². The summed E-state index contributed by atoms with van der Waals surface area (Å²) in [5, 5.41) is 4.67. The van der Waals surface area contributed by atoms with Crippen LogP contribution in [-0.4, -0.2) is 46.1 Å². The average Bonchev–Trinajstić information content (AvgIpc) is 2.84. The molecule has 0 unspecified atom stereocenters. The first kappa shape index (κ1) is 18.6. The predicted octanol–water partition coefficient (Wildman–Crippen LogP) is 4.40. The Morgan fingerprint density at radius 1 is 1.16 bits per heavy atom.